The van der Waals surface area contributed by atoms with E-state index in [1.165, 1.54) is 29.9 Å². The van der Waals surface area contributed by atoms with Gasteiger partial charge in [0.25, 0.3) is 0 Å². The third-order valence-electron chi connectivity index (χ3n) is 3.64. The normalized spacial score (nSPS) is 16.1. The minimum atomic E-state index is -0.662. The summed E-state index contributed by atoms with van der Waals surface area (Å²) in [6, 6.07) is 9.40. The van der Waals surface area contributed by atoms with Gasteiger partial charge in [-0.25, -0.2) is 4.39 Å². The molecule has 0 spiro atoms. The van der Waals surface area contributed by atoms with E-state index < -0.39 is 6.10 Å². The molecule has 1 heterocycles. The lowest BCUT2D eigenvalue weighted by Crippen LogP contribution is -2.26. The van der Waals surface area contributed by atoms with E-state index in [0.29, 0.717) is 11.6 Å². The molecule has 0 bridgehead atoms. The van der Waals surface area contributed by atoms with Gasteiger partial charge in [-0.05, 0) is 49.4 Å². The van der Waals surface area contributed by atoms with E-state index in [0.717, 1.165) is 12.2 Å². The van der Waals surface area contributed by atoms with Crippen LogP contribution in [0.25, 0.3) is 0 Å². The van der Waals surface area contributed by atoms with Gasteiger partial charge in [0.05, 0.1) is 12.6 Å². The van der Waals surface area contributed by atoms with E-state index >= 15 is 0 Å². The van der Waals surface area contributed by atoms with Crippen molar-refractivity contribution in [2.45, 2.75) is 38.5 Å². The van der Waals surface area contributed by atoms with Gasteiger partial charge in [0.2, 0.25) is 0 Å². The molecule has 1 aromatic carbocycles. The summed E-state index contributed by atoms with van der Waals surface area (Å²) in [4.78, 5) is 3.59. The molecule has 3 rings (SSSR count). The maximum Gasteiger partial charge on any atom is 0.123 e. The number of rotatable bonds is 5. The standard InChI is InChI=1S/C16H18FNOS/c1-11(19)15-9-12(17)4-7-16(15)18(13-5-6-13)10-14-3-2-8-20-14/h2-4,7-9,11,13,19H,5-6,10H2,1H3/t11-/m1/s1. The molecule has 0 radical (unpaired) electrons. The molecule has 1 aliphatic rings. The molecule has 1 fully saturated rings. The smallest absolute Gasteiger partial charge is 0.123 e. The Hall–Kier alpha value is -1.39. The quantitative estimate of drug-likeness (QED) is 0.896. The molecular weight excluding hydrogens is 273 g/mol. The minimum Gasteiger partial charge on any atom is -0.389 e. The van der Waals surface area contributed by atoms with Crippen molar-refractivity contribution in [2.75, 3.05) is 4.90 Å². The van der Waals surface area contributed by atoms with Gasteiger partial charge in [-0.3, -0.25) is 0 Å². The lowest BCUT2D eigenvalue weighted by Gasteiger charge is -2.27. The minimum absolute atomic E-state index is 0.295. The van der Waals surface area contributed by atoms with Gasteiger partial charge >= 0.3 is 0 Å². The Morgan fingerprint density at radius 3 is 2.80 bits per heavy atom. The Kier molecular flexibility index (Phi) is 3.76. The van der Waals surface area contributed by atoms with Crippen LogP contribution in [0.5, 0.6) is 0 Å². The summed E-state index contributed by atoms with van der Waals surface area (Å²) >= 11 is 1.73. The van der Waals surface area contributed by atoms with Crippen molar-refractivity contribution in [2.24, 2.45) is 0 Å². The number of nitrogens with zero attached hydrogens (tertiary/aromatic N) is 1. The summed E-state index contributed by atoms with van der Waals surface area (Å²) in [5, 5.41) is 12.0. The van der Waals surface area contributed by atoms with Crippen molar-refractivity contribution in [3.8, 4) is 0 Å². The van der Waals surface area contributed by atoms with Gasteiger partial charge < -0.3 is 10.0 Å². The molecule has 0 saturated heterocycles. The summed E-state index contributed by atoms with van der Waals surface area (Å²) in [6.07, 6.45) is 1.68. The number of benzene rings is 1. The first-order chi connectivity index (χ1) is 9.65. The maximum atomic E-state index is 13.4. The third kappa shape index (κ3) is 2.86. The predicted molar refractivity (Wildman–Crippen MR) is 80.6 cm³/mol. The van der Waals surface area contributed by atoms with E-state index in [1.54, 1.807) is 24.3 Å². The molecule has 4 heteroatoms. The zero-order valence-corrected chi connectivity index (χ0v) is 12.2. The molecule has 0 aliphatic heterocycles. The molecule has 2 aromatic rings. The van der Waals surface area contributed by atoms with Crippen LogP contribution in [0.15, 0.2) is 35.7 Å². The number of aliphatic hydroxyl groups excluding tert-OH is 1. The fourth-order valence-corrected chi connectivity index (χ4v) is 3.19. The number of hydrogen-bond acceptors (Lipinski definition) is 3. The Bertz CT molecular complexity index is 578. The summed E-state index contributed by atoms with van der Waals surface area (Å²) in [5.74, 6) is -0.295. The molecule has 1 atom stereocenters. The van der Waals surface area contributed by atoms with Gasteiger partial charge in [-0.15, -0.1) is 11.3 Å². The number of thiophene rings is 1. The van der Waals surface area contributed by atoms with Crippen LogP contribution in [0, 0.1) is 5.82 Å². The summed E-state index contributed by atoms with van der Waals surface area (Å²) in [6.45, 7) is 2.52. The molecule has 0 unspecified atom stereocenters. The van der Waals surface area contributed by atoms with E-state index in [1.807, 2.05) is 6.07 Å². The molecule has 1 saturated carbocycles. The van der Waals surface area contributed by atoms with Crippen LogP contribution >= 0.6 is 11.3 Å². The average molecular weight is 291 g/mol. The number of halogens is 1. The number of aliphatic hydroxyl groups is 1. The lowest BCUT2D eigenvalue weighted by atomic mass is 10.1. The fourth-order valence-electron chi connectivity index (χ4n) is 2.49. The van der Waals surface area contributed by atoms with Gasteiger partial charge in [0.1, 0.15) is 5.82 Å². The summed E-state index contributed by atoms with van der Waals surface area (Å²) < 4.78 is 13.4. The highest BCUT2D eigenvalue weighted by Crippen LogP contribution is 2.37. The summed E-state index contributed by atoms with van der Waals surface area (Å²) in [7, 11) is 0. The third-order valence-corrected chi connectivity index (χ3v) is 4.50. The Morgan fingerprint density at radius 1 is 1.40 bits per heavy atom. The molecule has 1 aliphatic carbocycles. The Morgan fingerprint density at radius 2 is 2.20 bits per heavy atom. The lowest BCUT2D eigenvalue weighted by molar-refractivity contribution is 0.199. The maximum absolute atomic E-state index is 13.4. The second-order valence-electron chi connectivity index (χ2n) is 5.32. The molecule has 106 valence electrons. The number of hydrogen-bond donors (Lipinski definition) is 1. The fraction of sp³-hybridized carbons (Fsp3) is 0.375. The van der Waals surface area contributed by atoms with Gasteiger partial charge in [-0.2, -0.15) is 0 Å². The zero-order valence-electron chi connectivity index (χ0n) is 11.4. The molecule has 0 amide bonds. The van der Waals surface area contributed by atoms with Gasteiger partial charge in [-0.1, -0.05) is 6.07 Å². The van der Waals surface area contributed by atoms with Crippen molar-refractivity contribution in [1.82, 2.24) is 0 Å². The van der Waals surface area contributed by atoms with Crippen molar-refractivity contribution in [3.63, 3.8) is 0 Å². The SMILES string of the molecule is C[C@@H](O)c1cc(F)ccc1N(Cc1cccs1)C1CC1. The van der Waals surface area contributed by atoms with Crippen LogP contribution in [0.2, 0.25) is 0 Å². The highest BCUT2D eigenvalue weighted by Gasteiger charge is 2.31. The van der Waals surface area contributed by atoms with Crippen LogP contribution in [0.4, 0.5) is 10.1 Å². The summed E-state index contributed by atoms with van der Waals surface area (Å²) in [5.41, 5.74) is 1.63. The highest BCUT2D eigenvalue weighted by molar-refractivity contribution is 7.09. The first-order valence-corrected chi connectivity index (χ1v) is 7.79. The molecule has 1 N–H and O–H groups in total. The topological polar surface area (TPSA) is 23.5 Å². The Labute approximate surface area is 122 Å². The molecule has 1 aromatic heterocycles. The van der Waals surface area contributed by atoms with Gasteiger partial charge in [0, 0.05) is 22.2 Å². The van der Waals surface area contributed by atoms with Crippen molar-refractivity contribution in [1.29, 1.82) is 0 Å². The number of anilines is 1. The molecule has 20 heavy (non-hydrogen) atoms. The highest BCUT2D eigenvalue weighted by atomic mass is 32.1. The zero-order chi connectivity index (χ0) is 14.1. The first-order valence-electron chi connectivity index (χ1n) is 6.91. The monoisotopic (exact) mass is 291 g/mol. The van der Waals surface area contributed by atoms with E-state index in [9.17, 15) is 9.50 Å². The van der Waals surface area contributed by atoms with Crippen molar-refractivity contribution < 1.29 is 9.50 Å². The first kappa shape index (κ1) is 13.6. The Balaban J connectivity index is 1.95. The van der Waals surface area contributed by atoms with Crippen LogP contribution in [0.3, 0.4) is 0 Å². The molecular formula is C16H18FNOS. The second kappa shape index (κ2) is 5.54. The largest absolute Gasteiger partial charge is 0.389 e. The van der Waals surface area contributed by atoms with E-state index in [4.69, 9.17) is 0 Å². The van der Waals surface area contributed by atoms with Gasteiger partial charge in [0.15, 0.2) is 0 Å². The van der Waals surface area contributed by atoms with Crippen molar-refractivity contribution in [3.05, 3.63) is 52.0 Å². The van der Waals surface area contributed by atoms with E-state index in [-0.39, 0.29) is 5.82 Å². The van der Waals surface area contributed by atoms with Crippen molar-refractivity contribution >= 4 is 17.0 Å². The molecule has 2 nitrogen and oxygen atoms in total. The average Bonchev–Trinajstić information content (AvgIpc) is 3.13. The van der Waals surface area contributed by atoms with Crippen LogP contribution < -0.4 is 4.90 Å². The van der Waals surface area contributed by atoms with Crippen LogP contribution in [0.1, 0.15) is 36.3 Å². The van der Waals surface area contributed by atoms with Crippen LogP contribution in [-0.2, 0) is 6.54 Å². The van der Waals surface area contributed by atoms with Crippen LogP contribution in [-0.4, -0.2) is 11.1 Å². The second-order valence-corrected chi connectivity index (χ2v) is 6.35. The van der Waals surface area contributed by atoms with E-state index in [2.05, 4.69) is 16.3 Å². The predicted octanol–water partition coefficient (Wildman–Crippen LogP) is 4.11.